The highest BCUT2D eigenvalue weighted by atomic mass is 15.2. The lowest BCUT2D eigenvalue weighted by atomic mass is 9.73. The third-order valence-corrected chi connectivity index (χ3v) is 4.07. The number of nitrogens with one attached hydrogen (secondary N) is 1. The Labute approximate surface area is 92.4 Å². The van der Waals surface area contributed by atoms with Gasteiger partial charge in [-0.1, -0.05) is 6.92 Å². The van der Waals surface area contributed by atoms with E-state index in [-0.39, 0.29) is 5.54 Å². The molecule has 0 aliphatic carbocycles. The highest BCUT2D eigenvalue weighted by Crippen LogP contribution is 2.35. The molecule has 3 aliphatic heterocycles. The van der Waals surface area contributed by atoms with Gasteiger partial charge < -0.3 is 4.90 Å². The van der Waals surface area contributed by atoms with Gasteiger partial charge in [0.25, 0.3) is 0 Å². The molecule has 0 saturated carbocycles. The second-order valence-corrected chi connectivity index (χ2v) is 5.09. The molecule has 0 amide bonds. The summed E-state index contributed by atoms with van der Waals surface area (Å²) >= 11 is 0. The first-order chi connectivity index (χ1) is 7.20. The summed E-state index contributed by atoms with van der Waals surface area (Å²) in [5.74, 6) is 0.571. The van der Waals surface area contributed by atoms with Gasteiger partial charge in [0.05, 0.1) is 6.07 Å². The summed E-state index contributed by atoms with van der Waals surface area (Å²) in [5.41, 5.74) is -0.258. The molecule has 1 N–H and O–H groups in total. The first-order valence-corrected chi connectivity index (χ1v) is 6.11. The van der Waals surface area contributed by atoms with Crippen LogP contribution >= 0.6 is 0 Å². The highest BCUT2D eigenvalue weighted by molar-refractivity contribution is 5.17. The van der Waals surface area contributed by atoms with E-state index < -0.39 is 0 Å². The maximum Gasteiger partial charge on any atom is 0.122 e. The Balaban J connectivity index is 2.12. The quantitative estimate of drug-likeness (QED) is 0.759. The maximum absolute atomic E-state index is 9.47. The number of rotatable bonds is 3. The van der Waals surface area contributed by atoms with Crippen molar-refractivity contribution >= 4 is 0 Å². The molecule has 2 bridgehead atoms. The van der Waals surface area contributed by atoms with Crippen LogP contribution < -0.4 is 5.32 Å². The van der Waals surface area contributed by atoms with Crippen LogP contribution in [-0.4, -0.2) is 36.1 Å². The zero-order valence-electron chi connectivity index (χ0n) is 9.79. The van der Waals surface area contributed by atoms with Crippen molar-refractivity contribution in [3.63, 3.8) is 0 Å². The lowest BCUT2D eigenvalue weighted by molar-refractivity contribution is 0.0314. The van der Waals surface area contributed by atoms with E-state index in [1.807, 2.05) is 0 Å². The van der Waals surface area contributed by atoms with Gasteiger partial charge in [0.15, 0.2) is 0 Å². The zero-order valence-corrected chi connectivity index (χ0v) is 9.79. The van der Waals surface area contributed by atoms with Gasteiger partial charge in [-0.15, -0.1) is 0 Å². The SMILES string of the molecule is CCC(C)NC1(C#N)CN2CCC1CC2. The number of hydrogen-bond acceptors (Lipinski definition) is 3. The first kappa shape index (κ1) is 10.9. The van der Waals surface area contributed by atoms with E-state index in [0.717, 1.165) is 13.0 Å². The Bertz CT molecular complexity index is 263. The summed E-state index contributed by atoms with van der Waals surface area (Å²) in [6.45, 7) is 7.66. The molecule has 3 nitrogen and oxygen atoms in total. The third kappa shape index (κ3) is 1.89. The van der Waals surface area contributed by atoms with Gasteiger partial charge in [-0.05, 0) is 45.2 Å². The van der Waals surface area contributed by atoms with Crippen LogP contribution in [0.15, 0.2) is 0 Å². The van der Waals surface area contributed by atoms with Crippen LogP contribution in [0.25, 0.3) is 0 Å². The highest BCUT2D eigenvalue weighted by Gasteiger charge is 2.47. The molecule has 3 aliphatic rings. The Morgan fingerprint density at radius 1 is 1.53 bits per heavy atom. The molecule has 2 unspecified atom stereocenters. The summed E-state index contributed by atoms with van der Waals surface area (Å²) in [5, 5.41) is 13.0. The van der Waals surface area contributed by atoms with Gasteiger partial charge >= 0.3 is 0 Å². The minimum absolute atomic E-state index is 0.258. The van der Waals surface area contributed by atoms with Crippen molar-refractivity contribution in [1.29, 1.82) is 5.26 Å². The van der Waals surface area contributed by atoms with Crippen molar-refractivity contribution in [2.24, 2.45) is 5.92 Å². The number of nitrogens with zero attached hydrogens (tertiary/aromatic N) is 2. The van der Waals surface area contributed by atoms with Crippen LogP contribution in [-0.2, 0) is 0 Å². The fourth-order valence-corrected chi connectivity index (χ4v) is 2.93. The average molecular weight is 207 g/mol. The molecule has 0 aromatic carbocycles. The summed E-state index contributed by atoms with van der Waals surface area (Å²) in [4.78, 5) is 2.43. The van der Waals surface area contributed by atoms with Crippen LogP contribution in [0.1, 0.15) is 33.1 Å². The summed E-state index contributed by atoms with van der Waals surface area (Å²) < 4.78 is 0. The van der Waals surface area contributed by atoms with E-state index in [9.17, 15) is 5.26 Å². The van der Waals surface area contributed by atoms with Gasteiger partial charge in [0, 0.05) is 12.6 Å². The van der Waals surface area contributed by atoms with Crippen LogP contribution in [0.5, 0.6) is 0 Å². The fraction of sp³-hybridized carbons (Fsp3) is 0.917. The second kappa shape index (κ2) is 4.11. The van der Waals surface area contributed by atoms with E-state index in [1.54, 1.807) is 0 Å². The van der Waals surface area contributed by atoms with Gasteiger partial charge in [-0.2, -0.15) is 5.26 Å². The summed E-state index contributed by atoms with van der Waals surface area (Å²) in [7, 11) is 0. The number of piperidine rings is 3. The van der Waals surface area contributed by atoms with Gasteiger partial charge in [-0.3, -0.25) is 5.32 Å². The zero-order chi connectivity index (χ0) is 10.9. The fourth-order valence-electron chi connectivity index (χ4n) is 2.93. The molecule has 2 atom stereocenters. The Kier molecular flexibility index (Phi) is 2.99. The van der Waals surface area contributed by atoms with Crippen molar-refractivity contribution in [3.8, 4) is 6.07 Å². The molecular formula is C12H21N3. The molecule has 3 fully saturated rings. The summed E-state index contributed by atoms with van der Waals surface area (Å²) in [6.07, 6.45) is 3.48. The lowest BCUT2D eigenvalue weighted by Gasteiger charge is -2.50. The predicted molar refractivity (Wildman–Crippen MR) is 60.4 cm³/mol. The predicted octanol–water partition coefficient (Wildman–Crippen LogP) is 1.36. The molecule has 84 valence electrons. The van der Waals surface area contributed by atoms with Crippen molar-refractivity contribution in [2.75, 3.05) is 19.6 Å². The molecule has 3 heteroatoms. The van der Waals surface area contributed by atoms with E-state index >= 15 is 0 Å². The standard InChI is InChI=1S/C12H21N3/c1-3-10(2)14-12(8-13)9-15-6-4-11(12)5-7-15/h10-11,14H,3-7,9H2,1-2H3. The van der Waals surface area contributed by atoms with Gasteiger partial charge in [0.2, 0.25) is 0 Å². The molecule has 0 aromatic heterocycles. The largest absolute Gasteiger partial charge is 0.300 e. The van der Waals surface area contributed by atoms with Crippen LogP contribution in [0.4, 0.5) is 0 Å². The molecule has 3 heterocycles. The van der Waals surface area contributed by atoms with Crippen molar-refractivity contribution in [3.05, 3.63) is 0 Å². The Morgan fingerprint density at radius 2 is 2.20 bits per heavy atom. The van der Waals surface area contributed by atoms with Gasteiger partial charge in [0.1, 0.15) is 5.54 Å². The summed E-state index contributed by atoms with van der Waals surface area (Å²) in [6, 6.07) is 3.01. The molecular weight excluding hydrogens is 186 g/mol. The Hall–Kier alpha value is -0.590. The van der Waals surface area contributed by atoms with E-state index in [0.29, 0.717) is 12.0 Å². The molecule has 0 aromatic rings. The molecule has 0 spiro atoms. The number of fused-ring (bicyclic) bond motifs is 3. The Morgan fingerprint density at radius 3 is 2.60 bits per heavy atom. The van der Waals surface area contributed by atoms with Crippen LogP contribution in [0.2, 0.25) is 0 Å². The maximum atomic E-state index is 9.47. The number of hydrogen-bond donors (Lipinski definition) is 1. The smallest absolute Gasteiger partial charge is 0.122 e. The monoisotopic (exact) mass is 207 g/mol. The van der Waals surface area contributed by atoms with Gasteiger partial charge in [-0.25, -0.2) is 0 Å². The topological polar surface area (TPSA) is 39.1 Å². The van der Waals surface area contributed by atoms with E-state index in [4.69, 9.17) is 0 Å². The molecule has 15 heavy (non-hydrogen) atoms. The van der Waals surface area contributed by atoms with E-state index in [1.165, 1.54) is 25.9 Å². The van der Waals surface area contributed by atoms with Crippen LogP contribution in [0, 0.1) is 17.2 Å². The molecule has 3 rings (SSSR count). The molecule has 3 saturated heterocycles. The lowest BCUT2D eigenvalue weighted by Crippen LogP contribution is -2.66. The average Bonchev–Trinajstić information content (AvgIpc) is 2.30. The third-order valence-electron chi connectivity index (χ3n) is 4.07. The minimum atomic E-state index is -0.258. The number of nitriles is 1. The molecule has 0 radical (unpaired) electrons. The van der Waals surface area contributed by atoms with E-state index in [2.05, 4.69) is 30.1 Å². The first-order valence-electron chi connectivity index (χ1n) is 6.11. The van der Waals surface area contributed by atoms with Crippen LogP contribution in [0.3, 0.4) is 0 Å². The van der Waals surface area contributed by atoms with Crippen molar-refractivity contribution in [2.45, 2.75) is 44.7 Å². The van der Waals surface area contributed by atoms with Crippen molar-refractivity contribution < 1.29 is 0 Å². The minimum Gasteiger partial charge on any atom is -0.300 e. The van der Waals surface area contributed by atoms with Crippen molar-refractivity contribution in [1.82, 2.24) is 10.2 Å². The normalized spacial score (nSPS) is 41.1. The second-order valence-electron chi connectivity index (χ2n) is 5.09.